The van der Waals surface area contributed by atoms with Crippen LogP contribution in [0.4, 0.5) is 0 Å². The van der Waals surface area contributed by atoms with E-state index < -0.39 is 12.6 Å². The van der Waals surface area contributed by atoms with Gasteiger partial charge in [0.1, 0.15) is 0 Å². The summed E-state index contributed by atoms with van der Waals surface area (Å²) < 4.78 is 11.0. The largest absolute Gasteiger partial charge is 0.493 e. The van der Waals surface area contributed by atoms with Crippen LogP contribution >= 0.6 is 15.9 Å². The molecule has 0 radical (unpaired) electrons. The highest BCUT2D eigenvalue weighted by atomic mass is 79.9. The average Bonchev–Trinajstić information content (AvgIpc) is 2.35. The van der Waals surface area contributed by atoms with Crippen molar-refractivity contribution in [3.63, 3.8) is 0 Å². The van der Waals surface area contributed by atoms with Crippen LogP contribution in [-0.2, 0) is 9.63 Å². The van der Waals surface area contributed by atoms with E-state index in [2.05, 4.69) is 25.9 Å². The van der Waals surface area contributed by atoms with Gasteiger partial charge >= 0.3 is 5.97 Å². The summed E-state index contributed by atoms with van der Waals surface area (Å²) in [5, 5.41) is 11.9. The standard InChI is InChI=1S/C11H12BrNO5/c1-16-9-3-7(5-13-18-6-11(14)15)8(12)4-10(9)17-2/h3-5H,6H2,1-2H3,(H,14,15). The van der Waals surface area contributed by atoms with Gasteiger partial charge in [-0.3, -0.25) is 0 Å². The summed E-state index contributed by atoms with van der Waals surface area (Å²) in [6.45, 7) is -0.485. The predicted molar refractivity (Wildman–Crippen MR) is 68.4 cm³/mol. The molecular formula is C11H12BrNO5. The van der Waals surface area contributed by atoms with Crippen molar-refractivity contribution in [2.24, 2.45) is 5.16 Å². The van der Waals surface area contributed by atoms with E-state index in [9.17, 15) is 4.79 Å². The maximum atomic E-state index is 10.2. The molecule has 0 aliphatic heterocycles. The zero-order valence-corrected chi connectivity index (χ0v) is 11.4. The molecule has 0 amide bonds. The number of ether oxygens (including phenoxy) is 2. The fourth-order valence-corrected chi connectivity index (χ4v) is 1.58. The van der Waals surface area contributed by atoms with E-state index in [1.807, 2.05) is 0 Å². The SMILES string of the molecule is COc1cc(Br)c(C=NOCC(=O)O)cc1OC. The van der Waals surface area contributed by atoms with Gasteiger partial charge in [0.05, 0.1) is 20.4 Å². The number of hydrogen-bond acceptors (Lipinski definition) is 5. The summed E-state index contributed by atoms with van der Waals surface area (Å²) in [5.41, 5.74) is 0.679. The van der Waals surface area contributed by atoms with Gasteiger partial charge in [-0.1, -0.05) is 5.16 Å². The predicted octanol–water partition coefficient (Wildman–Crippen LogP) is 1.90. The molecule has 0 aliphatic rings. The van der Waals surface area contributed by atoms with Crippen molar-refractivity contribution in [2.75, 3.05) is 20.8 Å². The maximum Gasteiger partial charge on any atom is 0.344 e. The third-order valence-electron chi connectivity index (χ3n) is 1.96. The van der Waals surface area contributed by atoms with Gasteiger partial charge in [-0.2, -0.15) is 0 Å². The molecule has 1 aromatic carbocycles. The fraction of sp³-hybridized carbons (Fsp3) is 0.273. The first-order chi connectivity index (χ1) is 8.58. The number of rotatable bonds is 6. The molecule has 0 aliphatic carbocycles. The van der Waals surface area contributed by atoms with E-state index >= 15 is 0 Å². The number of hydrogen-bond donors (Lipinski definition) is 1. The van der Waals surface area contributed by atoms with Crippen LogP contribution in [0, 0.1) is 0 Å². The van der Waals surface area contributed by atoms with Crippen LogP contribution in [0.15, 0.2) is 21.8 Å². The monoisotopic (exact) mass is 317 g/mol. The molecule has 1 rings (SSSR count). The normalized spacial score (nSPS) is 10.4. The summed E-state index contributed by atoms with van der Waals surface area (Å²) in [7, 11) is 3.06. The van der Waals surface area contributed by atoms with E-state index in [4.69, 9.17) is 14.6 Å². The second kappa shape index (κ2) is 6.85. The molecule has 0 heterocycles. The number of benzene rings is 1. The Balaban J connectivity index is 2.85. The van der Waals surface area contributed by atoms with Crippen molar-refractivity contribution < 1.29 is 24.2 Å². The first-order valence-corrected chi connectivity index (χ1v) is 5.66. The summed E-state index contributed by atoms with van der Waals surface area (Å²) in [5.74, 6) is 0.0342. The molecular weight excluding hydrogens is 306 g/mol. The molecule has 98 valence electrons. The Kier molecular flexibility index (Phi) is 5.44. The Morgan fingerprint density at radius 3 is 2.56 bits per heavy atom. The third-order valence-corrected chi connectivity index (χ3v) is 2.64. The summed E-state index contributed by atoms with van der Waals surface area (Å²) in [6, 6.07) is 3.41. The number of aliphatic carboxylic acids is 1. The zero-order chi connectivity index (χ0) is 13.5. The van der Waals surface area contributed by atoms with E-state index in [0.29, 0.717) is 17.1 Å². The van der Waals surface area contributed by atoms with Gasteiger partial charge in [-0.15, -0.1) is 0 Å². The topological polar surface area (TPSA) is 77.4 Å². The number of oxime groups is 1. The molecule has 0 spiro atoms. The molecule has 18 heavy (non-hydrogen) atoms. The highest BCUT2D eigenvalue weighted by Gasteiger charge is 2.08. The van der Waals surface area contributed by atoms with E-state index in [1.165, 1.54) is 20.4 Å². The summed E-state index contributed by atoms with van der Waals surface area (Å²) in [4.78, 5) is 14.8. The van der Waals surface area contributed by atoms with Gasteiger partial charge in [-0.05, 0) is 28.1 Å². The molecule has 1 N–H and O–H groups in total. The summed E-state index contributed by atoms with van der Waals surface area (Å²) in [6.07, 6.45) is 1.38. The molecule has 0 fully saturated rings. The Bertz CT molecular complexity index is 461. The highest BCUT2D eigenvalue weighted by Crippen LogP contribution is 2.32. The van der Waals surface area contributed by atoms with Crippen molar-refractivity contribution in [3.05, 3.63) is 22.2 Å². The minimum Gasteiger partial charge on any atom is -0.493 e. The maximum absolute atomic E-state index is 10.2. The van der Waals surface area contributed by atoms with Gasteiger partial charge in [0.2, 0.25) is 6.61 Å². The van der Waals surface area contributed by atoms with E-state index in [0.717, 1.165) is 4.47 Å². The molecule has 0 unspecified atom stereocenters. The van der Waals surface area contributed by atoms with Gasteiger partial charge < -0.3 is 19.4 Å². The van der Waals surface area contributed by atoms with Crippen LogP contribution in [0.1, 0.15) is 5.56 Å². The number of methoxy groups -OCH3 is 2. The minimum absolute atomic E-state index is 0.485. The lowest BCUT2D eigenvalue weighted by atomic mass is 10.2. The number of carboxylic acids is 1. The van der Waals surface area contributed by atoms with Crippen molar-refractivity contribution >= 4 is 28.1 Å². The number of halogens is 1. The van der Waals surface area contributed by atoms with Gasteiger partial charge in [0.15, 0.2) is 11.5 Å². The summed E-state index contributed by atoms with van der Waals surface area (Å²) >= 11 is 3.33. The Morgan fingerprint density at radius 2 is 2.00 bits per heavy atom. The Labute approximate surface area is 112 Å². The molecule has 1 aromatic rings. The lowest BCUT2D eigenvalue weighted by molar-refractivity contribution is -0.142. The number of nitrogens with zero attached hydrogens (tertiary/aromatic N) is 1. The van der Waals surface area contributed by atoms with Crippen LogP contribution in [-0.4, -0.2) is 38.1 Å². The van der Waals surface area contributed by atoms with Gasteiger partial charge in [-0.25, -0.2) is 4.79 Å². The molecule has 7 heteroatoms. The zero-order valence-electron chi connectivity index (χ0n) is 9.84. The van der Waals surface area contributed by atoms with E-state index in [-0.39, 0.29) is 0 Å². The minimum atomic E-state index is -1.08. The van der Waals surface area contributed by atoms with Crippen molar-refractivity contribution in [1.82, 2.24) is 0 Å². The molecule has 0 saturated heterocycles. The van der Waals surface area contributed by atoms with E-state index in [1.54, 1.807) is 12.1 Å². The molecule has 0 bridgehead atoms. The van der Waals surface area contributed by atoms with Crippen molar-refractivity contribution in [1.29, 1.82) is 0 Å². The molecule has 0 aromatic heterocycles. The second-order valence-electron chi connectivity index (χ2n) is 3.13. The first kappa shape index (κ1) is 14.3. The number of carboxylic acid groups (broad SMARTS) is 1. The van der Waals surface area contributed by atoms with Gasteiger partial charge in [0.25, 0.3) is 0 Å². The first-order valence-electron chi connectivity index (χ1n) is 4.87. The molecule has 6 nitrogen and oxygen atoms in total. The molecule has 0 saturated carbocycles. The quantitative estimate of drug-likeness (QED) is 0.640. The third kappa shape index (κ3) is 3.92. The smallest absolute Gasteiger partial charge is 0.344 e. The van der Waals surface area contributed by atoms with Crippen LogP contribution in [0.2, 0.25) is 0 Å². The Morgan fingerprint density at radius 1 is 1.39 bits per heavy atom. The van der Waals surface area contributed by atoms with Crippen LogP contribution in [0.25, 0.3) is 0 Å². The highest BCUT2D eigenvalue weighted by molar-refractivity contribution is 9.10. The lowest BCUT2D eigenvalue weighted by Gasteiger charge is -2.09. The van der Waals surface area contributed by atoms with Crippen molar-refractivity contribution in [2.45, 2.75) is 0 Å². The van der Waals surface area contributed by atoms with Crippen LogP contribution < -0.4 is 9.47 Å². The van der Waals surface area contributed by atoms with Crippen molar-refractivity contribution in [3.8, 4) is 11.5 Å². The lowest BCUT2D eigenvalue weighted by Crippen LogP contribution is -2.03. The average molecular weight is 318 g/mol. The fourth-order valence-electron chi connectivity index (χ4n) is 1.16. The Hall–Kier alpha value is -1.76. The van der Waals surface area contributed by atoms with Gasteiger partial charge in [0, 0.05) is 10.0 Å². The van der Waals surface area contributed by atoms with Crippen LogP contribution in [0.3, 0.4) is 0 Å². The second-order valence-corrected chi connectivity index (χ2v) is 3.98. The molecule has 0 atom stereocenters. The van der Waals surface area contributed by atoms with Crippen LogP contribution in [0.5, 0.6) is 11.5 Å². The number of carbonyl (C=O) groups is 1.